The van der Waals surface area contributed by atoms with Gasteiger partial charge in [0.2, 0.25) is 0 Å². The fourth-order valence-corrected chi connectivity index (χ4v) is 2.94. The predicted octanol–water partition coefficient (Wildman–Crippen LogP) is 2.47. The molecule has 3 aromatic heterocycles. The SMILES string of the molecule is CCC(=O)c1c(NC(=O)c2nc(C3CC3)cnc2Nc2cncnc2)cnn1C. The Morgan fingerprint density at radius 3 is 2.62 bits per heavy atom. The molecule has 2 N–H and O–H groups in total. The van der Waals surface area contributed by atoms with E-state index in [0.717, 1.165) is 18.5 Å². The lowest BCUT2D eigenvalue weighted by Crippen LogP contribution is -2.19. The highest BCUT2D eigenvalue weighted by Gasteiger charge is 2.28. The van der Waals surface area contributed by atoms with Gasteiger partial charge in [-0.25, -0.2) is 19.9 Å². The van der Waals surface area contributed by atoms with Gasteiger partial charge in [-0.05, 0) is 12.8 Å². The zero-order valence-corrected chi connectivity index (χ0v) is 16.1. The smallest absolute Gasteiger partial charge is 0.278 e. The number of aryl methyl sites for hydroxylation is 1. The van der Waals surface area contributed by atoms with Crippen molar-refractivity contribution >= 4 is 28.9 Å². The summed E-state index contributed by atoms with van der Waals surface area (Å²) in [5, 5.41) is 9.88. The highest BCUT2D eigenvalue weighted by molar-refractivity contribution is 6.10. The summed E-state index contributed by atoms with van der Waals surface area (Å²) in [6.45, 7) is 1.76. The van der Waals surface area contributed by atoms with Crippen LogP contribution in [0.5, 0.6) is 0 Å². The van der Waals surface area contributed by atoms with Crippen molar-refractivity contribution in [3.8, 4) is 0 Å². The first-order valence-electron chi connectivity index (χ1n) is 9.32. The molecule has 1 aliphatic rings. The number of nitrogens with one attached hydrogen (secondary N) is 2. The Hall–Kier alpha value is -3.69. The molecule has 0 spiro atoms. The monoisotopic (exact) mass is 392 g/mol. The van der Waals surface area contributed by atoms with Crippen LogP contribution in [-0.4, -0.2) is 41.4 Å². The Morgan fingerprint density at radius 1 is 1.17 bits per heavy atom. The number of nitrogens with zero attached hydrogens (tertiary/aromatic N) is 6. The van der Waals surface area contributed by atoms with Gasteiger partial charge in [0.25, 0.3) is 5.91 Å². The average molecular weight is 392 g/mol. The summed E-state index contributed by atoms with van der Waals surface area (Å²) in [5.74, 6) is 0.0307. The second-order valence-electron chi connectivity index (χ2n) is 6.78. The molecule has 10 heteroatoms. The summed E-state index contributed by atoms with van der Waals surface area (Å²) in [7, 11) is 1.66. The van der Waals surface area contributed by atoms with Gasteiger partial charge in [-0.2, -0.15) is 5.10 Å². The van der Waals surface area contributed by atoms with E-state index >= 15 is 0 Å². The molecular weight excluding hydrogens is 372 g/mol. The van der Waals surface area contributed by atoms with Crippen LogP contribution in [-0.2, 0) is 7.05 Å². The molecular formula is C19H20N8O2. The summed E-state index contributed by atoms with van der Waals surface area (Å²) in [4.78, 5) is 42.1. The molecule has 1 fully saturated rings. The zero-order chi connectivity index (χ0) is 20.4. The molecule has 0 aliphatic heterocycles. The minimum absolute atomic E-state index is 0.113. The van der Waals surface area contributed by atoms with Gasteiger partial charge in [0.1, 0.15) is 12.0 Å². The molecule has 0 atom stereocenters. The third-order valence-corrected chi connectivity index (χ3v) is 4.60. The summed E-state index contributed by atoms with van der Waals surface area (Å²) in [5.41, 5.74) is 2.19. The molecule has 1 saturated carbocycles. The molecule has 0 bridgehead atoms. The van der Waals surface area contributed by atoms with Crippen molar-refractivity contribution in [2.75, 3.05) is 10.6 Å². The summed E-state index contributed by atoms with van der Waals surface area (Å²) < 4.78 is 1.45. The van der Waals surface area contributed by atoms with Crippen molar-refractivity contribution in [1.82, 2.24) is 29.7 Å². The maximum atomic E-state index is 13.1. The van der Waals surface area contributed by atoms with Crippen molar-refractivity contribution in [2.45, 2.75) is 32.1 Å². The van der Waals surface area contributed by atoms with Gasteiger partial charge >= 0.3 is 0 Å². The molecule has 4 rings (SSSR count). The first kappa shape index (κ1) is 18.7. The molecule has 29 heavy (non-hydrogen) atoms. The third kappa shape index (κ3) is 3.96. The maximum absolute atomic E-state index is 13.1. The van der Waals surface area contributed by atoms with E-state index in [0.29, 0.717) is 29.4 Å². The number of Topliss-reactive ketones (excluding diaryl/α,β-unsaturated/α-hetero) is 1. The number of aromatic nitrogens is 6. The van der Waals surface area contributed by atoms with Gasteiger partial charge in [-0.3, -0.25) is 14.3 Å². The number of amides is 1. The molecule has 3 heterocycles. The quantitative estimate of drug-likeness (QED) is 0.587. The molecule has 1 aliphatic carbocycles. The standard InChI is InChI=1S/C19H20N8O2/c1-3-15(28)17-14(9-23-27(17)2)26-19(29)16-18(24-12-6-20-10-21-7-12)22-8-13(25-16)11-4-5-11/h6-11H,3-5H2,1-2H3,(H,22,24)(H,26,29). The van der Waals surface area contributed by atoms with Crippen molar-refractivity contribution < 1.29 is 9.59 Å². The fraction of sp³-hybridized carbons (Fsp3) is 0.316. The predicted molar refractivity (Wildman–Crippen MR) is 105 cm³/mol. The second-order valence-corrected chi connectivity index (χ2v) is 6.78. The van der Waals surface area contributed by atoms with Crippen LogP contribution in [0, 0.1) is 0 Å². The van der Waals surface area contributed by atoms with E-state index in [2.05, 4.69) is 35.7 Å². The molecule has 148 valence electrons. The van der Waals surface area contributed by atoms with Gasteiger partial charge < -0.3 is 10.6 Å². The fourth-order valence-electron chi connectivity index (χ4n) is 2.94. The first-order valence-corrected chi connectivity index (χ1v) is 9.32. The Kier molecular flexibility index (Phi) is 4.98. The first-order chi connectivity index (χ1) is 14.1. The molecule has 0 saturated heterocycles. The van der Waals surface area contributed by atoms with Crippen LogP contribution >= 0.6 is 0 Å². The van der Waals surface area contributed by atoms with Crippen LogP contribution in [0.2, 0.25) is 0 Å². The van der Waals surface area contributed by atoms with E-state index in [1.807, 2.05) is 0 Å². The Bertz CT molecular complexity index is 1060. The summed E-state index contributed by atoms with van der Waals surface area (Å²) in [6.07, 6.45) is 10.1. The topological polar surface area (TPSA) is 128 Å². The number of carbonyl (C=O) groups excluding carboxylic acids is 2. The van der Waals surface area contributed by atoms with Gasteiger partial charge in [0.05, 0.1) is 41.9 Å². The lowest BCUT2D eigenvalue weighted by molar-refractivity contribution is 0.0980. The summed E-state index contributed by atoms with van der Waals surface area (Å²) >= 11 is 0. The number of anilines is 3. The van der Waals surface area contributed by atoms with Gasteiger partial charge in [-0.15, -0.1) is 0 Å². The highest BCUT2D eigenvalue weighted by Crippen LogP contribution is 2.39. The number of hydrogen-bond donors (Lipinski definition) is 2. The second kappa shape index (κ2) is 7.74. The lowest BCUT2D eigenvalue weighted by Gasteiger charge is -2.12. The molecule has 1 amide bonds. The minimum Gasteiger partial charge on any atom is -0.336 e. The van der Waals surface area contributed by atoms with Crippen LogP contribution in [0.25, 0.3) is 0 Å². The van der Waals surface area contributed by atoms with Crippen molar-refractivity contribution in [2.24, 2.45) is 7.05 Å². The van der Waals surface area contributed by atoms with Crippen LogP contribution in [0.4, 0.5) is 17.2 Å². The number of ketones is 1. The van der Waals surface area contributed by atoms with E-state index in [-0.39, 0.29) is 17.3 Å². The molecule has 0 aromatic carbocycles. The van der Waals surface area contributed by atoms with Crippen molar-refractivity contribution in [3.05, 3.63) is 48.2 Å². The molecule has 0 radical (unpaired) electrons. The minimum atomic E-state index is -0.475. The average Bonchev–Trinajstić information content (AvgIpc) is 3.52. The summed E-state index contributed by atoms with van der Waals surface area (Å²) in [6, 6.07) is 0. The Labute approximate surface area is 166 Å². The van der Waals surface area contributed by atoms with E-state index < -0.39 is 5.91 Å². The molecule has 10 nitrogen and oxygen atoms in total. The number of hydrogen-bond acceptors (Lipinski definition) is 8. The largest absolute Gasteiger partial charge is 0.336 e. The van der Waals surface area contributed by atoms with E-state index in [9.17, 15) is 9.59 Å². The van der Waals surface area contributed by atoms with Crippen LogP contribution < -0.4 is 10.6 Å². The van der Waals surface area contributed by atoms with E-state index in [4.69, 9.17) is 0 Å². The molecule has 3 aromatic rings. The van der Waals surface area contributed by atoms with Gasteiger partial charge in [0.15, 0.2) is 17.3 Å². The van der Waals surface area contributed by atoms with Crippen LogP contribution in [0.3, 0.4) is 0 Å². The van der Waals surface area contributed by atoms with Crippen molar-refractivity contribution in [1.29, 1.82) is 0 Å². The molecule has 0 unspecified atom stereocenters. The zero-order valence-electron chi connectivity index (χ0n) is 16.1. The number of carbonyl (C=O) groups is 2. The highest BCUT2D eigenvalue weighted by atomic mass is 16.2. The van der Waals surface area contributed by atoms with Crippen molar-refractivity contribution in [3.63, 3.8) is 0 Å². The van der Waals surface area contributed by atoms with Gasteiger partial charge in [-0.1, -0.05) is 6.92 Å². The number of rotatable bonds is 7. The van der Waals surface area contributed by atoms with Gasteiger partial charge in [0, 0.05) is 19.4 Å². The van der Waals surface area contributed by atoms with Crippen LogP contribution in [0.1, 0.15) is 58.8 Å². The third-order valence-electron chi connectivity index (χ3n) is 4.60. The normalized spacial score (nSPS) is 13.2. The van der Waals surface area contributed by atoms with E-state index in [1.165, 1.54) is 17.2 Å². The van der Waals surface area contributed by atoms with E-state index in [1.54, 1.807) is 32.6 Å². The Balaban J connectivity index is 1.66. The van der Waals surface area contributed by atoms with Crippen LogP contribution in [0.15, 0.2) is 31.1 Å². The Morgan fingerprint density at radius 2 is 1.93 bits per heavy atom. The maximum Gasteiger partial charge on any atom is 0.278 e. The lowest BCUT2D eigenvalue weighted by atomic mass is 10.2.